The molecule has 18 heavy (non-hydrogen) atoms. The summed E-state index contributed by atoms with van der Waals surface area (Å²) in [7, 11) is 0. The molecule has 1 heterocycles. The van der Waals surface area contributed by atoms with Crippen molar-refractivity contribution in [2.24, 2.45) is 0 Å². The van der Waals surface area contributed by atoms with E-state index < -0.39 is 0 Å². The van der Waals surface area contributed by atoms with E-state index in [-0.39, 0.29) is 23.9 Å². The van der Waals surface area contributed by atoms with E-state index in [1.54, 1.807) is 0 Å². The van der Waals surface area contributed by atoms with Crippen molar-refractivity contribution >= 4 is 11.8 Å². The topological polar surface area (TPSA) is 70.2 Å². The quantitative estimate of drug-likeness (QED) is 0.649. The zero-order valence-electron chi connectivity index (χ0n) is 11.4. The zero-order valence-corrected chi connectivity index (χ0v) is 11.4. The first-order chi connectivity index (χ1) is 8.63. The van der Waals surface area contributed by atoms with Gasteiger partial charge in [-0.15, -0.1) is 0 Å². The van der Waals surface area contributed by atoms with Crippen LogP contribution in [0.15, 0.2) is 0 Å². The van der Waals surface area contributed by atoms with E-state index in [1.807, 2.05) is 13.8 Å². The van der Waals surface area contributed by atoms with Crippen LogP contribution in [0, 0.1) is 0 Å². The van der Waals surface area contributed by atoms with E-state index in [0.717, 1.165) is 32.2 Å². The molecule has 0 aromatic heterocycles. The molecule has 0 saturated carbocycles. The van der Waals surface area contributed by atoms with Crippen LogP contribution in [0.25, 0.3) is 0 Å². The lowest BCUT2D eigenvalue weighted by Gasteiger charge is -2.22. The van der Waals surface area contributed by atoms with Crippen molar-refractivity contribution in [1.29, 1.82) is 0 Å². The number of amides is 2. The van der Waals surface area contributed by atoms with E-state index in [4.69, 9.17) is 0 Å². The predicted molar refractivity (Wildman–Crippen MR) is 71.2 cm³/mol. The van der Waals surface area contributed by atoms with Crippen LogP contribution in [0.4, 0.5) is 0 Å². The van der Waals surface area contributed by atoms with Crippen LogP contribution >= 0.6 is 0 Å². The van der Waals surface area contributed by atoms with E-state index in [1.165, 1.54) is 0 Å². The number of carbonyl (C=O) groups is 2. The van der Waals surface area contributed by atoms with E-state index >= 15 is 0 Å². The standard InChI is InChI=1S/C13H25N3O2/c1-3-10(2)16-12(17)7-9-15-13(18)11-6-4-5-8-14-11/h10-11,14H,3-9H2,1-2H3,(H,15,18)(H,16,17)/t10?,11-/m1/s1. The highest BCUT2D eigenvalue weighted by Crippen LogP contribution is 2.06. The molecular weight excluding hydrogens is 230 g/mol. The Morgan fingerprint density at radius 2 is 2.17 bits per heavy atom. The molecule has 0 aliphatic carbocycles. The lowest BCUT2D eigenvalue weighted by molar-refractivity contribution is -0.124. The fourth-order valence-corrected chi connectivity index (χ4v) is 1.95. The highest BCUT2D eigenvalue weighted by atomic mass is 16.2. The summed E-state index contributed by atoms with van der Waals surface area (Å²) in [6.07, 6.45) is 4.40. The third-order valence-corrected chi connectivity index (χ3v) is 3.30. The first-order valence-corrected chi connectivity index (χ1v) is 6.94. The molecule has 1 rings (SSSR count). The number of nitrogens with one attached hydrogen (secondary N) is 3. The molecule has 1 fully saturated rings. The number of hydrogen-bond donors (Lipinski definition) is 3. The average Bonchev–Trinajstić information content (AvgIpc) is 2.39. The highest BCUT2D eigenvalue weighted by Gasteiger charge is 2.19. The van der Waals surface area contributed by atoms with Gasteiger partial charge in [-0.05, 0) is 32.7 Å². The summed E-state index contributed by atoms with van der Waals surface area (Å²) in [5.41, 5.74) is 0. The average molecular weight is 255 g/mol. The molecule has 2 amide bonds. The Morgan fingerprint density at radius 1 is 1.39 bits per heavy atom. The maximum absolute atomic E-state index is 11.8. The maximum atomic E-state index is 11.8. The van der Waals surface area contributed by atoms with Crippen LogP contribution in [0.1, 0.15) is 46.0 Å². The third kappa shape index (κ3) is 5.49. The Kier molecular flexibility index (Phi) is 6.72. The summed E-state index contributed by atoms with van der Waals surface area (Å²) >= 11 is 0. The van der Waals surface area contributed by atoms with Crippen molar-refractivity contribution < 1.29 is 9.59 Å². The van der Waals surface area contributed by atoms with E-state index in [9.17, 15) is 9.59 Å². The van der Waals surface area contributed by atoms with Gasteiger partial charge in [-0.25, -0.2) is 0 Å². The number of rotatable bonds is 6. The first-order valence-electron chi connectivity index (χ1n) is 6.94. The Hall–Kier alpha value is -1.10. The Balaban J connectivity index is 2.12. The van der Waals surface area contributed by atoms with Gasteiger partial charge in [0.2, 0.25) is 11.8 Å². The summed E-state index contributed by atoms with van der Waals surface area (Å²) in [6, 6.07) is 0.129. The van der Waals surface area contributed by atoms with Crippen molar-refractivity contribution in [3.8, 4) is 0 Å². The van der Waals surface area contributed by atoms with Crippen LogP contribution < -0.4 is 16.0 Å². The molecule has 5 heteroatoms. The number of hydrogen-bond acceptors (Lipinski definition) is 3. The van der Waals surface area contributed by atoms with Crippen LogP contribution in [0.5, 0.6) is 0 Å². The van der Waals surface area contributed by atoms with E-state index in [0.29, 0.717) is 13.0 Å². The van der Waals surface area contributed by atoms with Gasteiger partial charge in [0, 0.05) is 19.0 Å². The van der Waals surface area contributed by atoms with Gasteiger partial charge >= 0.3 is 0 Å². The van der Waals surface area contributed by atoms with Gasteiger partial charge < -0.3 is 16.0 Å². The monoisotopic (exact) mass is 255 g/mol. The van der Waals surface area contributed by atoms with Gasteiger partial charge in [0.1, 0.15) is 0 Å². The predicted octanol–water partition coefficient (Wildman–Crippen LogP) is 0.550. The minimum absolute atomic E-state index is 0.00116. The smallest absolute Gasteiger partial charge is 0.237 e. The van der Waals surface area contributed by atoms with Crippen molar-refractivity contribution in [1.82, 2.24) is 16.0 Å². The molecule has 0 spiro atoms. The fraction of sp³-hybridized carbons (Fsp3) is 0.846. The maximum Gasteiger partial charge on any atom is 0.237 e. The Labute approximate surface area is 109 Å². The van der Waals surface area contributed by atoms with Crippen LogP contribution in [0.2, 0.25) is 0 Å². The molecular formula is C13H25N3O2. The SMILES string of the molecule is CCC(C)NC(=O)CCNC(=O)[C@H]1CCCCN1. The molecule has 0 radical (unpaired) electrons. The molecule has 0 bridgehead atoms. The molecule has 0 aromatic carbocycles. The molecule has 5 nitrogen and oxygen atoms in total. The second-order valence-electron chi connectivity index (χ2n) is 4.92. The van der Waals surface area contributed by atoms with Gasteiger partial charge in [0.05, 0.1) is 6.04 Å². The molecule has 104 valence electrons. The third-order valence-electron chi connectivity index (χ3n) is 3.30. The second-order valence-corrected chi connectivity index (χ2v) is 4.92. The number of piperidine rings is 1. The van der Waals surface area contributed by atoms with Crippen molar-refractivity contribution in [2.45, 2.75) is 58.0 Å². The van der Waals surface area contributed by atoms with Crippen LogP contribution in [0.3, 0.4) is 0 Å². The highest BCUT2D eigenvalue weighted by molar-refractivity contribution is 5.82. The molecule has 3 N–H and O–H groups in total. The lowest BCUT2D eigenvalue weighted by Crippen LogP contribution is -2.47. The first kappa shape index (κ1) is 15.0. The van der Waals surface area contributed by atoms with Gasteiger partial charge in [-0.2, -0.15) is 0 Å². The number of carbonyl (C=O) groups excluding carboxylic acids is 2. The van der Waals surface area contributed by atoms with Gasteiger partial charge in [-0.1, -0.05) is 13.3 Å². The van der Waals surface area contributed by atoms with Crippen LogP contribution in [-0.4, -0.2) is 37.0 Å². The van der Waals surface area contributed by atoms with Gasteiger partial charge in [0.15, 0.2) is 0 Å². The summed E-state index contributed by atoms with van der Waals surface area (Å²) in [5.74, 6) is 0.0206. The normalized spacial score (nSPS) is 21.1. The van der Waals surface area contributed by atoms with E-state index in [2.05, 4.69) is 16.0 Å². The summed E-state index contributed by atoms with van der Waals surface area (Å²) in [6.45, 7) is 5.33. The Bertz CT molecular complexity index is 275. The molecule has 1 aliphatic heterocycles. The van der Waals surface area contributed by atoms with Crippen molar-refractivity contribution in [3.05, 3.63) is 0 Å². The fourth-order valence-electron chi connectivity index (χ4n) is 1.95. The minimum Gasteiger partial charge on any atom is -0.354 e. The van der Waals surface area contributed by atoms with Gasteiger partial charge in [-0.3, -0.25) is 9.59 Å². The Morgan fingerprint density at radius 3 is 2.78 bits per heavy atom. The zero-order chi connectivity index (χ0) is 13.4. The minimum atomic E-state index is -0.0728. The van der Waals surface area contributed by atoms with Crippen molar-refractivity contribution in [2.75, 3.05) is 13.1 Å². The summed E-state index contributed by atoms with van der Waals surface area (Å²) < 4.78 is 0. The summed E-state index contributed by atoms with van der Waals surface area (Å²) in [5, 5.41) is 8.87. The largest absolute Gasteiger partial charge is 0.354 e. The lowest BCUT2D eigenvalue weighted by atomic mass is 10.0. The summed E-state index contributed by atoms with van der Waals surface area (Å²) in [4.78, 5) is 23.2. The molecule has 1 aliphatic rings. The van der Waals surface area contributed by atoms with Crippen molar-refractivity contribution in [3.63, 3.8) is 0 Å². The second kappa shape index (κ2) is 8.08. The molecule has 1 unspecified atom stereocenters. The molecule has 1 saturated heterocycles. The van der Waals surface area contributed by atoms with Crippen LogP contribution in [-0.2, 0) is 9.59 Å². The van der Waals surface area contributed by atoms with Gasteiger partial charge in [0.25, 0.3) is 0 Å². The molecule has 0 aromatic rings. The molecule has 2 atom stereocenters.